The first-order valence-electron chi connectivity index (χ1n) is 13.9. The summed E-state index contributed by atoms with van der Waals surface area (Å²) in [6.07, 6.45) is 0.975. The highest BCUT2D eigenvalue weighted by Gasteiger charge is 2.53. The van der Waals surface area contributed by atoms with Gasteiger partial charge in [-0.05, 0) is 54.4 Å². The molecule has 1 amide bonds. The number of hydrogen-bond donors (Lipinski definition) is 2. The van der Waals surface area contributed by atoms with Crippen molar-refractivity contribution in [1.82, 2.24) is 4.90 Å². The van der Waals surface area contributed by atoms with Gasteiger partial charge in [0.05, 0.1) is 24.0 Å². The minimum atomic E-state index is -2.23. The summed E-state index contributed by atoms with van der Waals surface area (Å²) >= 11 is 0. The first kappa shape index (κ1) is 28.2. The van der Waals surface area contributed by atoms with Crippen LogP contribution in [-0.4, -0.2) is 62.2 Å². The Balaban J connectivity index is 1.35. The van der Waals surface area contributed by atoms with Crippen LogP contribution in [0.25, 0.3) is 0 Å². The van der Waals surface area contributed by atoms with Crippen molar-refractivity contribution in [3.8, 4) is 5.75 Å². The second kappa shape index (κ2) is 10.6. The predicted octanol–water partition coefficient (Wildman–Crippen LogP) is 5.26. The third-order valence-corrected chi connectivity index (χ3v) is 13.4. The highest BCUT2D eigenvalue weighted by Crippen LogP contribution is 2.45. The van der Waals surface area contributed by atoms with Crippen molar-refractivity contribution in [3.63, 3.8) is 0 Å². The molecule has 3 aliphatic rings. The number of halogens is 1. The standard InChI is InChI=1S/C30H41FN2O5Si/c1-29(2,3)39(4,5)38-26(20-11-21-17-36-18-27(34)32-28(21)25(31)12-20)16-33-15-22-13-24(14-30(22,35)19-33)37-23-9-7-6-8-10-23/h6-12,22,24,26,35H,13-19H2,1-5H3,(H,32,34)/t22-,24+,26+,30-/m1/s1. The fraction of sp³-hybridized carbons (Fsp3) is 0.567. The van der Waals surface area contributed by atoms with Crippen LogP contribution >= 0.6 is 0 Å². The minimum absolute atomic E-state index is 0.0160. The Bertz CT molecular complexity index is 1200. The van der Waals surface area contributed by atoms with Crippen LogP contribution in [0.2, 0.25) is 18.1 Å². The van der Waals surface area contributed by atoms with Gasteiger partial charge in [-0.2, -0.15) is 0 Å². The molecule has 2 aliphatic heterocycles. The van der Waals surface area contributed by atoms with E-state index in [-0.39, 0.29) is 48.0 Å². The lowest BCUT2D eigenvalue weighted by atomic mass is 9.95. The van der Waals surface area contributed by atoms with Crippen molar-refractivity contribution >= 4 is 19.9 Å². The number of β-amino-alcohol motifs (C(OH)–C–C–N with tert-alkyl or cyclic N) is 1. The third-order valence-electron chi connectivity index (χ3n) is 8.90. The number of anilines is 1. The van der Waals surface area contributed by atoms with E-state index in [9.17, 15) is 9.90 Å². The predicted molar refractivity (Wildman–Crippen MR) is 151 cm³/mol. The van der Waals surface area contributed by atoms with Crippen molar-refractivity contribution < 1.29 is 28.2 Å². The van der Waals surface area contributed by atoms with Gasteiger partial charge in [-0.15, -0.1) is 0 Å². The normalized spacial score (nSPS) is 26.5. The van der Waals surface area contributed by atoms with Crippen molar-refractivity contribution in [3.05, 3.63) is 59.4 Å². The van der Waals surface area contributed by atoms with Gasteiger partial charge in [0.15, 0.2) is 8.32 Å². The molecule has 0 aromatic heterocycles. The summed E-state index contributed by atoms with van der Waals surface area (Å²) in [5.74, 6) is 0.0900. The Morgan fingerprint density at radius 1 is 1.23 bits per heavy atom. The van der Waals surface area contributed by atoms with Crippen molar-refractivity contribution in [1.29, 1.82) is 0 Å². The maximum atomic E-state index is 15.3. The number of para-hydroxylation sites is 1. The van der Waals surface area contributed by atoms with Crippen LogP contribution in [0.4, 0.5) is 10.1 Å². The Morgan fingerprint density at radius 2 is 1.97 bits per heavy atom. The van der Waals surface area contributed by atoms with Gasteiger partial charge < -0.3 is 24.3 Å². The quantitative estimate of drug-likeness (QED) is 0.453. The molecule has 2 fully saturated rings. The van der Waals surface area contributed by atoms with Crippen LogP contribution in [-0.2, 0) is 20.6 Å². The number of carbonyl (C=O) groups is 1. The average molecular weight is 557 g/mol. The van der Waals surface area contributed by atoms with Crippen molar-refractivity contribution in [2.24, 2.45) is 5.92 Å². The van der Waals surface area contributed by atoms with Gasteiger partial charge in [-0.3, -0.25) is 9.69 Å². The molecule has 212 valence electrons. The second-order valence-electron chi connectivity index (χ2n) is 12.9. The van der Waals surface area contributed by atoms with E-state index in [4.69, 9.17) is 13.9 Å². The molecule has 9 heteroatoms. The first-order chi connectivity index (χ1) is 18.3. The lowest BCUT2D eigenvalue weighted by molar-refractivity contribution is -0.120. The SMILES string of the molecule is CC(C)(C)[Si](C)(C)O[C@@H](CN1C[C@H]2C[C@H](Oc3ccccc3)C[C@@]2(O)C1)c1cc(F)c2c(c1)COCC(=O)N2. The lowest BCUT2D eigenvalue weighted by Crippen LogP contribution is -2.44. The second-order valence-corrected chi connectivity index (χ2v) is 17.7. The fourth-order valence-corrected chi connectivity index (χ4v) is 7.11. The molecule has 0 spiro atoms. The van der Waals surface area contributed by atoms with Crippen molar-refractivity contribution in [2.75, 3.05) is 31.6 Å². The van der Waals surface area contributed by atoms with Gasteiger partial charge in [0.25, 0.3) is 0 Å². The summed E-state index contributed by atoms with van der Waals surface area (Å²) < 4.78 is 33.8. The number of benzene rings is 2. The largest absolute Gasteiger partial charge is 0.490 e. The molecule has 2 heterocycles. The van der Waals surface area contributed by atoms with Gasteiger partial charge in [-0.1, -0.05) is 39.0 Å². The average Bonchev–Trinajstić information content (AvgIpc) is 3.20. The van der Waals surface area contributed by atoms with Crippen LogP contribution in [0.1, 0.15) is 50.8 Å². The van der Waals surface area contributed by atoms with E-state index in [0.717, 1.165) is 24.3 Å². The molecule has 4 atom stereocenters. The number of hydrogen-bond acceptors (Lipinski definition) is 6. The van der Waals surface area contributed by atoms with Crippen LogP contribution in [0.3, 0.4) is 0 Å². The van der Waals surface area contributed by atoms with E-state index in [2.05, 4.69) is 44.1 Å². The smallest absolute Gasteiger partial charge is 0.250 e. The molecule has 39 heavy (non-hydrogen) atoms. The van der Waals surface area contributed by atoms with Crippen LogP contribution in [0.5, 0.6) is 5.75 Å². The van der Waals surface area contributed by atoms with E-state index in [1.54, 1.807) is 0 Å². The summed E-state index contributed by atoms with van der Waals surface area (Å²) in [6, 6.07) is 13.1. The lowest BCUT2D eigenvalue weighted by Gasteiger charge is -2.40. The number of rotatable bonds is 7. The van der Waals surface area contributed by atoms with Gasteiger partial charge in [0.2, 0.25) is 5.91 Å². The molecule has 1 saturated heterocycles. The summed E-state index contributed by atoms with van der Waals surface area (Å²) in [6.45, 7) is 12.8. The Morgan fingerprint density at radius 3 is 2.67 bits per heavy atom. The Kier molecular flexibility index (Phi) is 7.67. The number of fused-ring (bicyclic) bond motifs is 2. The van der Waals surface area contributed by atoms with Gasteiger partial charge in [0, 0.05) is 37.5 Å². The summed E-state index contributed by atoms with van der Waals surface area (Å²) in [5.41, 5.74) is 0.697. The molecular weight excluding hydrogens is 515 g/mol. The van der Waals surface area contributed by atoms with E-state index < -0.39 is 19.7 Å². The molecule has 1 aliphatic carbocycles. The topological polar surface area (TPSA) is 80.3 Å². The Labute approximate surface area is 231 Å². The maximum Gasteiger partial charge on any atom is 0.250 e. The number of nitrogens with one attached hydrogen (secondary N) is 1. The summed E-state index contributed by atoms with van der Waals surface area (Å²) in [5, 5.41) is 14.2. The van der Waals surface area contributed by atoms with Crippen molar-refractivity contribution in [2.45, 2.75) is 76.2 Å². The monoisotopic (exact) mass is 556 g/mol. The molecule has 0 bridgehead atoms. The number of carbonyl (C=O) groups excluding carboxylic acids is 1. The zero-order valence-corrected chi connectivity index (χ0v) is 24.6. The van der Waals surface area contributed by atoms with Gasteiger partial charge in [-0.25, -0.2) is 4.39 Å². The molecule has 0 unspecified atom stereocenters. The zero-order valence-electron chi connectivity index (χ0n) is 23.6. The molecule has 2 N–H and O–H groups in total. The highest BCUT2D eigenvalue weighted by molar-refractivity contribution is 6.74. The number of nitrogens with zero attached hydrogens (tertiary/aromatic N) is 1. The van der Waals surface area contributed by atoms with E-state index in [1.807, 2.05) is 36.4 Å². The molecule has 7 nitrogen and oxygen atoms in total. The van der Waals surface area contributed by atoms with E-state index >= 15 is 4.39 Å². The van der Waals surface area contributed by atoms with E-state index in [0.29, 0.717) is 25.1 Å². The number of ether oxygens (including phenoxy) is 2. The number of aliphatic hydroxyl groups is 1. The summed E-state index contributed by atoms with van der Waals surface area (Å²) in [4.78, 5) is 14.2. The van der Waals surface area contributed by atoms with Crippen LogP contribution in [0.15, 0.2) is 42.5 Å². The summed E-state index contributed by atoms with van der Waals surface area (Å²) in [7, 11) is -2.23. The number of amides is 1. The molecule has 2 aromatic rings. The van der Waals surface area contributed by atoms with E-state index in [1.165, 1.54) is 6.07 Å². The zero-order chi connectivity index (χ0) is 28.0. The van der Waals surface area contributed by atoms with Gasteiger partial charge >= 0.3 is 0 Å². The maximum absolute atomic E-state index is 15.3. The van der Waals surface area contributed by atoms with Crippen LogP contribution in [0, 0.1) is 11.7 Å². The van der Waals surface area contributed by atoms with Crippen LogP contribution < -0.4 is 10.1 Å². The molecule has 0 radical (unpaired) electrons. The highest BCUT2D eigenvalue weighted by atomic mass is 28.4. The van der Waals surface area contributed by atoms with Gasteiger partial charge in [0.1, 0.15) is 24.3 Å². The molecular formula is C30H41FN2O5Si. The third kappa shape index (κ3) is 6.07. The Hall–Kier alpha value is -2.30. The number of likely N-dealkylation sites (tertiary alicyclic amines) is 1. The molecule has 2 aromatic carbocycles. The fourth-order valence-electron chi connectivity index (χ4n) is 5.84. The minimum Gasteiger partial charge on any atom is -0.490 e. The molecule has 5 rings (SSSR count). The first-order valence-corrected chi connectivity index (χ1v) is 16.8. The molecule has 1 saturated carbocycles.